The minimum Gasteiger partial charge on any atom is -0.255 e. The van der Waals surface area contributed by atoms with E-state index < -0.39 is 9.16 Å². The monoisotopic (exact) mass is 590 g/mol. The van der Waals surface area contributed by atoms with Crippen molar-refractivity contribution in [2.75, 3.05) is 18.8 Å². The number of allylic oxidation sites excluding steroid dienone is 2. The largest absolute Gasteiger partial charge is 0.255 e. The summed E-state index contributed by atoms with van der Waals surface area (Å²) in [4.78, 5) is 22.4. The SMILES string of the molecule is C[SH]1(C)(C)C(c2cccc(-c3ccccn3)n2)=C(c2ccccc2)C(c2ccccc2)=C1c1cccc(-c2ccccn2)n1. The lowest BCUT2D eigenvalue weighted by Crippen LogP contribution is -2.16. The predicted octanol–water partition coefficient (Wildman–Crippen LogP) is 9.01. The molecule has 216 valence electrons. The molecule has 4 aromatic heterocycles. The molecule has 0 aliphatic carbocycles. The van der Waals surface area contributed by atoms with Crippen LogP contribution >= 0.6 is 9.16 Å². The van der Waals surface area contributed by atoms with Crippen LogP contribution in [0.1, 0.15) is 22.5 Å². The van der Waals surface area contributed by atoms with E-state index >= 15 is 0 Å². The second-order valence-electron chi connectivity index (χ2n) is 12.2. The van der Waals surface area contributed by atoms with Crippen LogP contribution in [0.2, 0.25) is 0 Å². The third kappa shape index (κ3) is 4.85. The topological polar surface area (TPSA) is 51.6 Å². The standard InChI is InChI=1S/C39H34N4S/c1-44(2,3)38(34-24-14-22-32(42-34)30-20-10-12-26-40-30)36(28-16-6-4-7-17-28)37(29-18-8-5-9-19-29)39(44)35-25-15-23-33(43-35)31-21-11-13-27-41-31/h4-27,44H,1-3H3. The highest BCUT2D eigenvalue weighted by atomic mass is 32.3. The maximum absolute atomic E-state index is 5.32. The van der Waals surface area contributed by atoms with Crippen molar-refractivity contribution in [3.8, 4) is 22.8 Å². The van der Waals surface area contributed by atoms with Gasteiger partial charge in [0.1, 0.15) is 0 Å². The van der Waals surface area contributed by atoms with E-state index in [1.54, 1.807) is 0 Å². The lowest BCUT2D eigenvalue weighted by molar-refractivity contribution is 1.23. The van der Waals surface area contributed by atoms with E-state index in [1.165, 1.54) is 32.1 Å². The van der Waals surface area contributed by atoms with Gasteiger partial charge in [-0.1, -0.05) is 84.9 Å². The van der Waals surface area contributed by atoms with Gasteiger partial charge in [-0.2, -0.15) is 0 Å². The zero-order valence-corrected chi connectivity index (χ0v) is 26.0. The highest BCUT2D eigenvalue weighted by molar-refractivity contribution is 8.61. The van der Waals surface area contributed by atoms with Crippen molar-refractivity contribution in [2.24, 2.45) is 0 Å². The van der Waals surface area contributed by atoms with Gasteiger partial charge < -0.3 is 0 Å². The second-order valence-corrected chi connectivity index (χ2v) is 18.7. The molecule has 4 nitrogen and oxygen atoms in total. The molecule has 0 amide bonds. The van der Waals surface area contributed by atoms with Crippen molar-refractivity contribution in [3.63, 3.8) is 0 Å². The summed E-state index contributed by atoms with van der Waals surface area (Å²) in [7, 11) is -2.94. The smallest absolute Gasteiger partial charge is 0.0893 e. The molecule has 0 radical (unpaired) electrons. The number of aromatic nitrogens is 4. The van der Waals surface area contributed by atoms with E-state index in [1.807, 2.05) is 60.9 Å². The van der Waals surface area contributed by atoms with Gasteiger partial charge in [-0.25, -0.2) is 19.1 Å². The maximum Gasteiger partial charge on any atom is 0.0893 e. The van der Waals surface area contributed by atoms with Crippen molar-refractivity contribution in [1.29, 1.82) is 0 Å². The maximum atomic E-state index is 5.32. The molecule has 1 aliphatic rings. The van der Waals surface area contributed by atoms with Crippen LogP contribution in [0.25, 0.3) is 43.7 Å². The lowest BCUT2D eigenvalue weighted by atomic mass is 9.90. The first-order valence-electron chi connectivity index (χ1n) is 14.8. The summed E-state index contributed by atoms with van der Waals surface area (Å²) in [6.07, 6.45) is 11.0. The van der Waals surface area contributed by atoms with E-state index in [0.29, 0.717) is 0 Å². The zero-order valence-electron chi connectivity index (χ0n) is 25.1. The van der Waals surface area contributed by atoms with Crippen LogP contribution in [0, 0.1) is 0 Å². The summed E-state index contributed by atoms with van der Waals surface area (Å²) in [5, 5.41) is 0. The van der Waals surface area contributed by atoms with Gasteiger partial charge >= 0.3 is 0 Å². The molecule has 0 atom stereocenters. The normalized spacial score (nSPS) is 16.4. The molecular weight excluding hydrogens is 557 g/mol. The van der Waals surface area contributed by atoms with Gasteiger partial charge in [-0.3, -0.25) is 9.97 Å². The molecule has 6 aromatic rings. The number of nitrogens with zero attached hydrogens (tertiary/aromatic N) is 4. The van der Waals surface area contributed by atoms with Gasteiger partial charge in [0, 0.05) is 33.4 Å². The molecule has 0 fully saturated rings. The van der Waals surface area contributed by atoms with Crippen LogP contribution in [0.3, 0.4) is 0 Å². The number of benzene rings is 2. The fraction of sp³-hybridized carbons (Fsp3) is 0.0769. The summed E-state index contributed by atoms with van der Waals surface area (Å²) in [5.74, 6) is 0. The first-order valence-corrected chi connectivity index (χ1v) is 18.4. The van der Waals surface area contributed by atoms with Crippen LogP contribution < -0.4 is 0 Å². The van der Waals surface area contributed by atoms with Gasteiger partial charge in [-0.15, -0.1) is 0 Å². The molecule has 44 heavy (non-hydrogen) atoms. The van der Waals surface area contributed by atoms with Crippen molar-refractivity contribution < 1.29 is 0 Å². The van der Waals surface area contributed by atoms with Crippen LogP contribution in [-0.4, -0.2) is 38.7 Å². The number of thiol groups is 1. The predicted molar refractivity (Wildman–Crippen MR) is 188 cm³/mol. The van der Waals surface area contributed by atoms with Crippen LogP contribution in [0.4, 0.5) is 0 Å². The van der Waals surface area contributed by atoms with Crippen molar-refractivity contribution >= 4 is 30.1 Å². The minimum atomic E-state index is -2.94. The number of hydrogen-bond donors (Lipinski definition) is 1. The van der Waals surface area contributed by atoms with Gasteiger partial charge in [0.15, 0.2) is 0 Å². The average Bonchev–Trinajstić information content (AvgIpc) is 3.29. The van der Waals surface area contributed by atoms with E-state index in [-0.39, 0.29) is 0 Å². The average molecular weight is 591 g/mol. The summed E-state index contributed by atoms with van der Waals surface area (Å²) < 4.78 is 0. The molecule has 0 saturated carbocycles. The summed E-state index contributed by atoms with van der Waals surface area (Å²) >= 11 is 0. The Hall–Kier alpha value is -5.13. The Balaban J connectivity index is 1.56. The highest BCUT2D eigenvalue weighted by Gasteiger charge is 2.47. The zero-order chi connectivity index (χ0) is 30.2. The van der Waals surface area contributed by atoms with Gasteiger partial charge in [-0.05, 0) is 78.4 Å². The Labute approximate surface area is 259 Å². The Kier molecular flexibility index (Phi) is 6.83. The Morgan fingerprint density at radius 3 is 1.11 bits per heavy atom. The van der Waals surface area contributed by atoms with Gasteiger partial charge in [0.25, 0.3) is 0 Å². The van der Waals surface area contributed by atoms with E-state index in [4.69, 9.17) is 9.97 Å². The molecule has 7 rings (SSSR count). The molecule has 0 saturated heterocycles. The van der Waals surface area contributed by atoms with Crippen LogP contribution in [0.5, 0.6) is 0 Å². The first-order chi connectivity index (χ1) is 21.4. The molecule has 5 heteroatoms. The number of hydrogen-bond acceptors (Lipinski definition) is 4. The van der Waals surface area contributed by atoms with E-state index in [2.05, 4.69) is 114 Å². The van der Waals surface area contributed by atoms with Crippen LogP contribution in [-0.2, 0) is 0 Å². The molecule has 0 unspecified atom stereocenters. The number of rotatable bonds is 6. The number of pyridine rings is 4. The van der Waals surface area contributed by atoms with Crippen LogP contribution in [0.15, 0.2) is 146 Å². The summed E-state index contributed by atoms with van der Waals surface area (Å²) in [5.41, 5.74) is 10.2. The summed E-state index contributed by atoms with van der Waals surface area (Å²) in [6.45, 7) is 0. The lowest BCUT2D eigenvalue weighted by Gasteiger charge is -2.53. The molecule has 0 spiro atoms. The van der Waals surface area contributed by atoms with Gasteiger partial charge in [0.2, 0.25) is 0 Å². The Morgan fingerprint density at radius 2 is 0.727 bits per heavy atom. The highest BCUT2D eigenvalue weighted by Crippen LogP contribution is 2.85. The fourth-order valence-electron chi connectivity index (χ4n) is 6.41. The minimum absolute atomic E-state index is 0.860. The fourth-order valence-corrected chi connectivity index (χ4v) is 10.5. The molecule has 0 bridgehead atoms. The first kappa shape index (κ1) is 27.7. The van der Waals surface area contributed by atoms with Crippen molar-refractivity contribution in [1.82, 2.24) is 19.9 Å². The third-order valence-electron chi connectivity index (χ3n) is 8.25. The van der Waals surface area contributed by atoms with Crippen molar-refractivity contribution in [2.45, 2.75) is 0 Å². The summed E-state index contributed by atoms with van der Waals surface area (Å²) in [6, 6.07) is 46.0. The van der Waals surface area contributed by atoms with E-state index in [0.717, 1.165) is 34.2 Å². The third-order valence-corrected chi connectivity index (χ3v) is 12.3. The molecule has 2 aromatic carbocycles. The molecule has 0 N–H and O–H groups in total. The quantitative estimate of drug-likeness (QED) is 0.197. The van der Waals surface area contributed by atoms with E-state index in [9.17, 15) is 0 Å². The Morgan fingerprint density at radius 1 is 0.364 bits per heavy atom. The Bertz CT molecular complexity index is 1880. The molecular formula is C39H34N4S. The molecule has 5 heterocycles. The van der Waals surface area contributed by atoms with Crippen molar-refractivity contribution in [3.05, 3.63) is 168 Å². The second kappa shape index (κ2) is 10.9. The molecule has 1 aliphatic heterocycles. The van der Waals surface area contributed by atoms with Gasteiger partial charge in [0.05, 0.1) is 34.2 Å².